The second-order valence-corrected chi connectivity index (χ2v) is 17.0. The number of fused-ring (bicyclic) bond motifs is 2. The minimum Gasteiger partial charge on any atom is -0.455 e. The van der Waals surface area contributed by atoms with Gasteiger partial charge in [0.05, 0.1) is 21.6 Å². The van der Waals surface area contributed by atoms with Crippen molar-refractivity contribution in [2.45, 2.75) is 49.5 Å². The summed E-state index contributed by atoms with van der Waals surface area (Å²) in [6.45, 7) is 4.35. The Morgan fingerprint density at radius 1 is 1.03 bits per heavy atom. The molecule has 3 aromatic carbocycles. The Bertz CT molecular complexity index is 2450. The number of piperazine rings is 1. The molecular formula is C41H43ClFN7O7S. The van der Waals surface area contributed by atoms with E-state index >= 15 is 0 Å². The van der Waals surface area contributed by atoms with Crippen molar-refractivity contribution < 1.29 is 32.0 Å². The van der Waals surface area contributed by atoms with Crippen molar-refractivity contribution in [3.05, 3.63) is 111 Å². The van der Waals surface area contributed by atoms with Crippen LogP contribution in [0.1, 0.15) is 59.6 Å². The lowest BCUT2D eigenvalue weighted by atomic mass is 9.96. The maximum atomic E-state index is 14.6. The largest absolute Gasteiger partial charge is 0.455 e. The first-order valence-corrected chi connectivity index (χ1v) is 21.3. The van der Waals surface area contributed by atoms with Crippen molar-refractivity contribution in [1.29, 1.82) is 0 Å². The molecule has 2 aliphatic heterocycles. The summed E-state index contributed by atoms with van der Waals surface area (Å²) in [5.41, 5.74) is 3.05. The summed E-state index contributed by atoms with van der Waals surface area (Å²) in [5.74, 6) is -0.642. The highest BCUT2D eigenvalue weighted by Crippen LogP contribution is 2.39. The molecule has 1 aliphatic carbocycles. The number of nitro groups is 1. The molecule has 0 radical (unpaired) electrons. The number of ether oxygens (including phenoxy) is 2. The molecule has 14 nitrogen and oxygen atoms in total. The molecule has 2 saturated heterocycles. The summed E-state index contributed by atoms with van der Waals surface area (Å²) in [5, 5.41) is 16.4. The number of nitro benzene ring substituents is 1. The van der Waals surface area contributed by atoms with Gasteiger partial charge in [-0.15, -0.1) is 0 Å². The molecule has 3 aliphatic rings. The number of halogens is 2. The fraction of sp³-hybridized carbons (Fsp3) is 0.366. The van der Waals surface area contributed by atoms with Crippen molar-refractivity contribution in [2.24, 2.45) is 5.92 Å². The zero-order valence-electron chi connectivity index (χ0n) is 31.6. The molecule has 1 atom stereocenters. The van der Waals surface area contributed by atoms with Crippen LogP contribution >= 0.6 is 11.6 Å². The van der Waals surface area contributed by atoms with E-state index in [1.165, 1.54) is 30.5 Å². The number of nitrogens with zero attached hydrogens (tertiary/aromatic N) is 4. The minimum absolute atomic E-state index is 0.0432. The van der Waals surface area contributed by atoms with Gasteiger partial charge >= 0.3 is 0 Å². The van der Waals surface area contributed by atoms with Gasteiger partial charge < -0.3 is 24.7 Å². The number of hydrogen-bond donors (Lipinski definition) is 3. The van der Waals surface area contributed by atoms with Gasteiger partial charge in [0.25, 0.3) is 21.6 Å². The number of rotatable bonds is 11. The predicted octanol–water partition coefficient (Wildman–Crippen LogP) is 7.60. The Kier molecular flexibility index (Phi) is 11.5. The number of pyridine rings is 1. The molecule has 0 saturated carbocycles. The lowest BCUT2D eigenvalue weighted by molar-refractivity contribution is -0.384. The maximum Gasteiger partial charge on any atom is 0.293 e. The first-order valence-electron chi connectivity index (χ1n) is 19.4. The molecule has 1 amide bonds. The van der Waals surface area contributed by atoms with Gasteiger partial charge in [0.15, 0.2) is 0 Å². The number of carbonyl (C=O) groups excluding carboxylic acids is 1. The molecule has 4 heterocycles. The number of amides is 1. The Balaban J connectivity index is 1.03. The average Bonchev–Trinajstić information content (AvgIpc) is 3.58. The van der Waals surface area contributed by atoms with Gasteiger partial charge in [-0.3, -0.25) is 19.8 Å². The highest BCUT2D eigenvalue weighted by molar-refractivity contribution is 7.90. The van der Waals surface area contributed by atoms with Crippen LogP contribution in [0.5, 0.6) is 11.5 Å². The van der Waals surface area contributed by atoms with E-state index in [4.69, 9.17) is 21.1 Å². The topological polar surface area (TPSA) is 172 Å². The standard InChI is InChI=1S/C41H43ClFN7O7S/c42-35-21-28(43)20-34-32(35)3-1-2-4-37(34)49-15-13-48(14-16-49)29-5-7-33(39(22-29)57-30-19-27-9-12-44-40(27)46-25-30)41(51)47-58(54,55)31-6-8-36(38(23-31)50(52)53)45-24-26-10-17-56-18-11-26/h5-9,12,19-23,25-26,37,45H,1-4,10-11,13-18,24H2,(H,44,46)(H,47,51)/t37-/m1/s1. The van der Waals surface area contributed by atoms with E-state index < -0.39 is 31.4 Å². The number of hydrogen-bond acceptors (Lipinski definition) is 11. The SMILES string of the molecule is O=C(NS(=O)(=O)c1ccc(NCC2CCOCC2)c([N+](=O)[O-])c1)c1ccc(N2CCN([C@@H]3CCCCc4c(Cl)cc(F)cc43)CC2)cc1Oc1cnc2[nH]ccc2c1. The Morgan fingerprint density at radius 2 is 1.84 bits per heavy atom. The first kappa shape index (κ1) is 39.5. The third kappa shape index (κ3) is 8.60. The predicted molar refractivity (Wildman–Crippen MR) is 218 cm³/mol. The fourth-order valence-corrected chi connectivity index (χ4v) is 9.45. The monoisotopic (exact) mass is 831 g/mol. The zero-order chi connectivity index (χ0) is 40.4. The molecule has 3 N–H and O–H groups in total. The molecular weight excluding hydrogens is 789 g/mol. The summed E-state index contributed by atoms with van der Waals surface area (Å²) in [6.07, 6.45) is 8.60. The third-order valence-corrected chi connectivity index (χ3v) is 12.9. The number of sulfonamides is 1. The van der Waals surface area contributed by atoms with E-state index in [1.54, 1.807) is 30.5 Å². The van der Waals surface area contributed by atoms with Gasteiger partial charge in [0, 0.05) is 86.4 Å². The smallest absolute Gasteiger partial charge is 0.293 e. The van der Waals surface area contributed by atoms with Crippen molar-refractivity contribution in [3.8, 4) is 11.5 Å². The molecule has 304 valence electrons. The Hall–Kier alpha value is -5.29. The maximum absolute atomic E-state index is 14.6. The van der Waals surface area contributed by atoms with Crippen LogP contribution in [0.15, 0.2) is 78.0 Å². The number of nitrogens with one attached hydrogen (secondary N) is 3. The molecule has 58 heavy (non-hydrogen) atoms. The van der Waals surface area contributed by atoms with Crippen molar-refractivity contribution >= 4 is 55.6 Å². The molecule has 2 fully saturated rings. The fourth-order valence-electron chi connectivity index (χ4n) is 8.15. The van der Waals surface area contributed by atoms with Crippen LogP contribution in [-0.2, 0) is 21.2 Å². The van der Waals surface area contributed by atoms with Crippen LogP contribution in [0.25, 0.3) is 11.0 Å². The van der Waals surface area contributed by atoms with E-state index in [1.807, 2.05) is 6.07 Å². The molecule has 0 spiro atoms. The van der Waals surface area contributed by atoms with Crippen molar-refractivity contribution in [3.63, 3.8) is 0 Å². The highest BCUT2D eigenvalue weighted by atomic mass is 35.5. The molecule has 5 aromatic rings. The first-order chi connectivity index (χ1) is 28.0. The zero-order valence-corrected chi connectivity index (χ0v) is 33.2. The summed E-state index contributed by atoms with van der Waals surface area (Å²) in [6, 6.07) is 15.1. The van der Waals surface area contributed by atoms with Crippen LogP contribution in [-0.4, -0.2) is 80.1 Å². The van der Waals surface area contributed by atoms with E-state index in [2.05, 4.69) is 29.8 Å². The van der Waals surface area contributed by atoms with Crippen LogP contribution in [0.3, 0.4) is 0 Å². The van der Waals surface area contributed by atoms with Crippen molar-refractivity contribution in [1.82, 2.24) is 19.6 Å². The summed E-state index contributed by atoms with van der Waals surface area (Å²) < 4.78 is 55.5. The number of anilines is 2. The van der Waals surface area contributed by atoms with Gasteiger partial charge in [-0.1, -0.05) is 18.0 Å². The summed E-state index contributed by atoms with van der Waals surface area (Å²) in [7, 11) is -4.57. The minimum atomic E-state index is -4.57. The van der Waals surface area contributed by atoms with Gasteiger partial charge in [-0.25, -0.2) is 22.5 Å². The lowest BCUT2D eigenvalue weighted by Gasteiger charge is -2.40. The lowest BCUT2D eigenvalue weighted by Crippen LogP contribution is -2.47. The quantitative estimate of drug-likeness (QED) is 0.0680. The van der Waals surface area contributed by atoms with Gasteiger partial charge in [0.2, 0.25) is 0 Å². The number of aromatic nitrogens is 2. The van der Waals surface area contributed by atoms with Gasteiger partial charge in [0.1, 0.15) is 28.7 Å². The number of carbonyl (C=O) groups is 1. The third-order valence-electron chi connectivity index (χ3n) is 11.3. The van der Waals surface area contributed by atoms with Crippen LogP contribution < -0.4 is 19.7 Å². The Labute approximate surface area is 339 Å². The second kappa shape index (κ2) is 16.9. The second-order valence-electron chi connectivity index (χ2n) is 14.9. The highest BCUT2D eigenvalue weighted by Gasteiger charge is 2.31. The van der Waals surface area contributed by atoms with E-state index in [-0.39, 0.29) is 34.8 Å². The van der Waals surface area contributed by atoms with Crippen molar-refractivity contribution in [2.75, 3.05) is 56.2 Å². The molecule has 8 rings (SSSR count). The van der Waals surface area contributed by atoms with Crippen LogP contribution in [0.4, 0.5) is 21.5 Å². The normalized spacial score (nSPS) is 18.0. The molecule has 0 bridgehead atoms. The molecule has 2 aromatic heterocycles. The number of benzene rings is 3. The summed E-state index contributed by atoms with van der Waals surface area (Å²) >= 11 is 6.51. The van der Waals surface area contributed by atoms with Gasteiger partial charge in [-0.2, -0.15) is 0 Å². The van der Waals surface area contributed by atoms with Crippen LogP contribution in [0.2, 0.25) is 5.02 Å². The van der Waals surface area contributed by atoms with E-state index in [9.17, 15) is 27.7 Å². The molecule has 0 unspecified atom stereocenters. The number of H-pyrrole nitrogens is 1. The van der Waals surface area contributed by atoms with E-state index in [0.717, 1.165) is 66.8 Å². The summed E-state index contributed by atoms with van der Waals surface area (Å²) in [4.78, 5) is 36.7. The van der Waals surface area contributed by atoms with Gasteiger partial charge in [-0.05, 0) is 97.7 Å². The molecule has 17 heteroatoms. The average molecular weight is 832 g/mol. The number of aromatic amines is 1. The Morgan fingerprint density at radius 3 is 2.64 bits per heavy atom. The van der Waals surface area contributed by atoms with Crippen LogP contribution in [0, 0.1) is 21.8 Å². The van der Waals surface area contributed by atoms with E-state index in [0.29, 0.717) is 62.4 Å².